The highest BCUT2D eigenvalue weighted by Crippen LogP contribution is 2.59. The Labute approximate surface area is 361 Å². The van der Waals surface area contributed by atoms with Crippen LogP contribution in [-0.4, -0.2) is 0 Å². The van der Waals surface area contributed by atoms with Crippen LogP contribution >= 0.6 is 0 Å². The molecular formula is C62H38. The van der Waals surface area contributed by atoms with Crippen LogP contribution in [0.15, 0.2) is 218 Å². The standard InChI is InChI=1S/C62H38/c1-5-18-39(19-6-1)53-38-45(54(41-20-7-2-8-21-41)60-50-32-16-27-42-26-15-31-49(55(42)50)59(53)60)35-34-40-36-37-52-58-46(40)30-17-33-51(58)61-56(43-22-9-3-10-23-43)47-28-13-14-29-48(47)57(62(52)61)44-24-11-4-12-25-44/h1-38H/b35-34+. The van der Waals surface area contributed by atoms with Crippen LogP contribution in [0, 0.1) is 0 Å². The van der Waals surface area contributed by atoms with E-state index < -0.39 is 0 Å². The summed E-state index contributed by atoms with van der Waals surface area (Å²) in [7, 11) is 0. The van der Waals surface area contributed by atoms with Crippen molar-refractivity contribution in [3.8, 4) is 89.0 Å². The molecule has 11 aromatic carbocycles. The van der Waals surface area contributed by atoms with Crippen LogP contribution in [0.3, 0.4) is 0 Å². The fraction of sp³-hybridized carbons (Fsp3) is 0. The van der Waals surface area contributed by atoms with E-state index >= 15 is 0 Å². The summed E-state index contributed by atoms with van der Waals surface area (Å²) in [6, 6.07) is 80.6. The van der Waals surface area contributed by atoms with Crippen molar-refractivity contribution >= 4 is 44.5 Å². The van der Waals surface area contributed by atoms with Crippen LogP contribution in [0.2, 0.25) is 0 Å². The third kappa shape index (κ3) is 5.08. The van der Waals surface area contributed by atoms with Crippen LogP contribution in [0.1, 0.15) is 11.1 Å². The lowest BCUT2D eigenvalue weighted by Crippen LogP contribution is -1.94. The quantitative estimate of drug-likeness (QED) is 0.147. The van der Waals surface area contributed by atoms with Gasteiger partial charge in [-0.1, -0.05) is 224 Å². The average Bonchev–Trinajstić information content (AvgIpc) is 3.86. The lowest BCUT2D eigenvalue weighted by atomic mass is 9.82. The maximum Gasteiger partial charge on any atom is -0.000741 e. The molecule has 0 saturated carbocycles. The molecule has 0 N–H and O–H groups in total. The number of rotatable bonds is 6. The number of benzene rings is 11. The van der Waals surface area contributed by atoms with Gasteiger partial charge in [0.15, 0.2) is 0 Å². The Bertz CT molecular complexity index is 3540. The molecule has 0 atom stereocenters. The Kier molecular flexibility index (Phi) is 7.71. The first kappa shape index (κ1) is 34.8. The molecule has 13 rings (SSSR count). The molecular weight excluding hydrogens is 745 g/mol. The van der Waals surface area contributed by atoms with Crippen molar-refractivity contribution in [3.05, 3.63) is 230 Å². The SMILES string of the molecule is C(=C\c1ccc2c3c(cccc13)-c1c-2c(-c2ccccc2)c2ccccc2c1-c1ccccc1)/c1cc(-c2ccccc2)c2c(c1-c1ccccc1)-c1cccc3cccc-2c13. The van der Waals surface area contributed by atoms with E-state index in [1.54, 1.807) is 0 Å². The van der Waals surface area contributed by atoms with Crippen molar-refractivity contribution in [2.24, 2.45) is 0 Å². The van der Waals surface area contributed by atoms with E-state index in [1.807, 2.05) is 0 Å². The van der Waals surface area contributed by atoms with Gasteiger partial charge in [-0.05, 0) is 139 Å². The highest BCUT2D eigenvalue weighted by molar-refractivity contribution is 6.28. The summed E-state index contributed by atoms with van der Waals surface area (Å²) in [5.74, 6) is 0. The fourth-order valence-electron chi connectivity index (χ4n) is 10.9. The van der Waals surface area contributed by atoms with Gasteiger partial charge in [-0.15, -0.1) is 0 Å². The highest BCUT2D eigenvalue weighted by atomic mass is 14.3. The van der Waals surface area contributed by atoms with Gasteiger partial charge in [0.2, 0.25) is 0 Å². The van der Waals surface area contributed by atoms with Crippen molar-refractivity contribution in [2.75, 3.05) is 0 Å². The Morgan fingerprint density at radius 2 is 0.645 bits per heavy atom. The Hall–Kier alpha value is -8.06. The number of hydrogen-bond acceptors (Lipinski definition) is 0. The van der Waals surface area contributed by atoms with E-state index in [-0.39, 0.29) is 0 Å². The van der Waals surface area contributed by atoms with Gasteiger partial charge in [-0.3, -0.25) is 0 Å². The molecule has 0 aromatic heterocycles. The Morgan fingerprint density at radius 1 is 0.226 bits per heavy atom. The van der Waals surface area contributed by atoms with Gasteiger partial charge >= 0.3 is 0 Å². The Morgan fingerprint density at radius 3 is 1.23 bits per heavy atom. The number of hydrogen-bond donors (Lipinski definition) is 0. The summed E-state index contributed by atoms with van der Waals surface area (Å²) in [5, 5.41) is 7.75. The Balaban J connectivity index is 1.08. The lowest BCUT2D eigenvalue weighted by molar-refractivity contribution is 1.57. The molecule has 0 amide bonds. The van der Waals surface area contributed by atoms with E-state index in [9.17, 15) is 0 Å². The largest absolute Gasteiger partial charge is 0.0622 e. The fourth-order valence-corrected chi connectivity index (χ4v) is 10.9. The van der Waals surface area contributed by atoms with Crippen molar-refractivity contribution in [1.29, 1.82) is 0 Å². The zero-order valence-corrected chi connectivity index (χ0v) is 33.9. The second kappa shape index (κ2) is 13.7. The van der Waals surface area contributed by atoms with E-state index in [2.05, 4.69) is 231 Å². The minimum Gasteiger partial charge on any atom is -0.0622 e. The summed E-state index contributed by atoms with van der Waals surface area (Å²) >= 11 is 0. The molecule has 0 saturated heterocycles. The minimum absolute atomic E-state index is 1.20. The summed E-state index contributed by atoms with van der Waals surface area (Å²) in [6.07, 6.45) is 4.74. The van der Waals surface area contributed by atoms with Gasteiger partial charge < -0.3 is 0 Å². The molecule has 0 spiro atoms. The predicted molar refractivity (Wildman–Crippen MR) is 265 cm³/mol. The monoisotopic (exact) mass is 782 g/mol. The zero-order chi connectivity index (χ0) is 40.7. The second-order valence-corrected chi connectivity index (χ2v) is 16.6. The van der Waals surface area contributed by atoms with Gasteiger partial charge in [-0.25, -0.2) is 0 Å². The summed E-state index contributed by atoms with van der Waals surface area (Å²) in [4.78, 5) is 0. The third-order valence-electron chi connectivity index (χ3n) is 13.3. The molecule has 0 unspecified atom stereocenters. The molecule has 2 aliphatic carbocycles. The molecule has 286 valence electrons. The summed E-state index contributed by atoms with van der Waals surface area (Å²) < 4.78 is 0. The summed E-state index contributed by atoms with van der Waals surface area (Å²) in [5.41, 5.74) is 22.9. The van der Waals surface area contributed by atoms with Crippen LogP contribution in [0.5, 0.6) is 0 Å². The van der Waals surface area contributed by atoms with E-state index in [1.165, 1.54) is 132 Å². The zero-order valence-electron chi connectivity index (χ0n) is 33.9. The molecule has 0 heterocycles. The van der Waals surface area contributed by atoms with Gasteiger partial charge in [0.25, 0.3) is 0 Å². The molecule has 0 aliphatic heterocycles. The highest BCUT2D eigenvalue weighted by Gasteiger charge is 2.32. The van der Waals surface area contributed by atoms with Gasteiger partial charge in [0, 0.05) is 0 Å². The van der Waals surface area contributed by atoms with E-state index in [0.29, 0.717) is 0 Å². The molecule has 11 aromatic rings. The van der Waals surface area contributed by atoms with Crippen LogP contribution in [0.4, 0.5) is 0 Å². The van der Waals surface area contributed by atoms with Gasteiger partial charge in [0.1, 0.15) is 0 Å². The topological polar surface area (TPSA) is 0 Å². The maximum absolute atomic E-state index is 2.44. The van der Waals surface area contributed by atoms with Crippen LogP contribution in [0.25, 0.3) is 133 Å². The normalized spacial score (nSPS) is 12.1. The van der Waals surface area contributed by atoms with Crippen molar-refractivity contribution in [1.82, 2.24) is 0 Å². The first-order valence-electron chi connectivity index (χ1n) is 21.6. The molecule has 0 heteroatoms. The van der Waals surface area contributed by atoms with Gasteiger partial charge in [0.05, 0.1) is 0 Å². The molecule has 0 nitrogen and oxygen atoms in total. The lowest BCUT2D eigenvalue weighted by Gasteiger charge is -2.20. The first-order valence-corrected chi connectivity index (χ1v) is 21.6. The van der Waals surface area contributed by atoms with Crippen molar-refractivity contribution < 1.29 is 0 Å². The van der Waals surface area contributed by atoms with Crippen LogP contribution in [-0.2, 0) is 0 Å². The molecule has 2 aliphatic rings. The molecule has 0 bridgehead atoms. The van der Waals surface area contributed by atoms with Gasteiger partial charge in [-0.2, -0.15) is 0 Å². The van der Waals surface area contributed by atoms with Crippen LogP contribution < -0.4 is 0 Å². The van der Waals surface area contributed by atoms with E-state index in [0.717, 1.165) is 0 Å². The maximum atomic E-state index is 2.44. The molecule has 0 fully saturated rings. The summed E-state index contributed by atoms with van der Waals surface area (Å²) in [6.45, 7) is 0. The van der Waals surface area contributed by atoms with E-state index in [4.69, 9.17) is 0 Å². The van der Waals surface area contributed by atoms with Crippen molar-refractivity contribution in [2.45, 2.75) is 0 Å². The molecule has 62 heavy (non-hydrogen) atoms. The first-order chi connectivity index (χ1) is 30.8. The molecule has 0 radical (unpaired) electrons. The minimum atomic E-state index is 1.20. The third-order valence-corrected chi connectivity index (χ3v) is 13.3. The smallest absolute Gasteiger partial charge is 0.000741 e. The number of fused-ring (bicyclic) bond motifs is 7. The van der Waals surface area contributed by atoms with Crippen molar-refractivity contribution in [3.63, 3.8) is 0 Å². The average molecular weight is 783 g/mol. The predicted octanol–water partition coefficient (Wildman–Crippen LogP) is 17.3. The second-order valence-electron chi connectivity index (χ2n) is 16.6.